The van der Waals surface area contributed by atoms with Crippen LogP contribution in [0, 0.1) is 5.92 Å². The molecule has 2 atom stereocenters. The van der Waals surface area contributed by atoms with E-state index in [1.54, 1.807) is 4.90 Å². The molecular weight excluding hydrogens is 240 g/mol. The van der Waals surface area contributed by atoms with Crippen LogP contribution in [-0.2, 0) is 9.59 Å². The minimum atomic E-state index is -0.335. The number of hydrogen-bond donors (Lipinski definition) is 1. The molecule has 1 aliphatic heterocycles. The molecule has 0 aliphatic carbocycles. The van der Waals surface area contributed by atoms with Crippen molar-refractivity contribution in [3.05, 3.63) is 12.2 Å². The third kappa shape index (κ3) is 3.82. The monoisotopic (exact) mass is 266 g/mol. The number of allylic oxidation sites excluding steroid dienone is 1. The van der Waals surface area contributed by atoms with Crippen LogP contribution in [0.1, 0.15) is 47.0 Å². The van der Waals surface area contributed by atoms with Crippen molar-refractivity contribution in [1.29, 1.82) is 0 Å². The Balaban J connectivity index is 2.86. The number of nitrogens with one attached hydrogen (secondary N) is 1. The summed E-state index contributed by atoms with van der Waals surface area (Å²) in [5, 5.41) is 2.87. The predicted octanol–water partition coefficient (Wildman–Crippen LogP) is 2.10. The summed E-state index contributed by atoms with van der Waals surface area (Å²) in [4.78, 5) is 26.4. The molecule has 4 nitrogen and oxygen atoms in total. The van der Waals surface area contributed by atoms with Crippen LogP contribution >= 0.6 is 0 Å². The third-order valence-electron chi connectivity index (χ3n) is 3.48. The molecular formula is C15H26N2O2. The quantitative estimate of drug-likeness (QED) is 0.749. The van der Waals surface area contributed by atoms with Crippen LogP contribution in [0.2, 0.25) is 0 Å². The Morgan fingerprint density at radius 2 is 2.05 bits per heavy atom. The van der Waals surface area contributed by atoms with Crippen LogP contribution in [0.15, 0.2) is 12.2 Å². The van der Waals surface area contributed by atoms with Gasteiger partial charge in [-0.15, -0.1) is 0 Å². The van der Waals surface area contributed by atoms with Gasteiger partial charge in [0.2, 0.25) is 11.8 Å². The van der Waals surface area contributed by atoms with E-state index in [1.165, 1.54) is 0 Å². The normalized spacial score (nSPS) is 24.4. The first kappa shape index (κ1) is 15.7. The van der Waals surface area contributed by atoms with Gasteiger partial charge in [0.1, 0.15) is 12.1 Å². The highest BCUT2D eigenvalue weighted by Crippen LogP contribution is 2.19. The molecule has 1 saturated heterocycles. The Kier molecular flexibility index (Phi) is 6.06. The van der Waals surface area contributed by atoms with Gasteiger partial charge in [-0.05, 0) is 25.7 Å². The van der Waals surface area contributed by atoms with Crippen molar-refractivity contribution in [2.45, 2.75) is 59.0 Å². The van der Waals surface area contributed by atoms with Crippen molar-refractivity contribution < 1.29 is 9.59 Å². The fourth-order valence-electron chi connectivity index (χ4n) is 2.57. The van der Waals surface area contributed by atoms with Crippen molar-refractivity contribution in [3.8, 4) is 0 Å². The maximum atomic E-state index is 12.5. The van der Waals surface area contributed by atoms with E-state index in [9.17, 15) is 9.59 Å². The molecule has 2 amide bonds. The van der Waals surface area contributed by atoms with Crippen molar-refractivity contribution in [3.63, 3.8) is 0 Å². The van der Waals surface area contributed by atoms with E-state index < -0.39 is 0 Å². The lowest BCUT2D eigenvalue weighted by atomic mass is 9.95. The van der Waals surface area contributed by atoms with Gasteiger partial charge in [-0.2, -0.15) is 0 Å². The van der Waals surface area contributed by atoms with E-state index in [1.807, 2.05) is 39.8 Å². The van der Waals surface area contributed by atoms with Gasteiger partial charge in [-0.1, -0.05) is 39.3 Å². The van der Waals surface area contributed by atoms with Gasteiger partial charge in [0.15, 0.2) is 0 Å². The topological polar surface area (TPSA) is 49.4 Å². The molecule has 0 aromatic rings. The number of amides is 2. The first-order valence-corrected chi connectivity index (χ1v) is 7.24. The number of carbonyl (C=O) groups excluding carboxylic acids is 2. The number of carbonyl (C=O) groups is 2. The van der Waals surface area contributed by atoms with E-state index in [0.29, 0.717) is 6.54 Å². The molecule has 0 spiro atoms. The predicted molar refractivity (Wildman–Crippen MR) is 76.6 cm³/mol. The van der Waals surface area contributed by atoms with Crippen molar-refractivity contribution in [1.82, 2.24) is 10.2 Å². The zero-order valence-electron chi connectivity index (χ0n) is 12.5. The molecule has 1 fully saturated rings. The lowest BCUT2D eigenvalue weighted by Crippen LogP contribution is -2.64. The average Bonchev–Trinajstić information content (AvgIpc) is 2.34. The van der Waals surface area contributed by atoms with E-state index in [0.717, 1.165) is 19.3 Å². The Hall–Kier alpha value is -1.32. The third-order valence-corrected chi connectivity index (χ3v) is 3.48. The van der Waals surface area contributed by atoms with E-state index in [2.05, 4.69) is 5.32 Å². The standard InChI is InChI=1S/C15H26N2O2/c1-5-7-8-10-17-13(11(3)4)14(18)16-12(9-6-2)15(17)19/h5,7,11-13H,6,8-10H2,1-4H3,(H,16,18)/b7-5+. The fraction of sp³-hybridized carbons (Fsp3) is 0.733. The lowest BCUT2D eigenvalue weighted by Gasteiger charge is -2.40. The molecule has 0 aromatic carbocycles. The van der Waals surface area contributed by atoms with Gasteiger partial charge in [0.25, 0.3) is 0 Å². The zero-order valence-corrected chi connectivity index (χ0v) is 12.5. The highest BCUT2D eigenvalue weighted by atomic mass is 16.2. The second kappa shape index (κ2) is 7.31. The highest BCUT2D eigenvalue weighted by molar-refractivity contribution is 5.97. The zero-order chi connectivity index (χ0) is 14.4. The number of nitrogens with zero attached hydrogens (tertiary/aromatic N) is 1. The molecule has 0 aromatic heterocycles. The maximum Gasteiger partial charge on any atom is 0.245 e. The van der Waals surface area contributed by atoms with Crippen LogP contribution in [0.3, 0.4) is 0 Å². The molecule has 19 heavy (non-hydrogen) atoms. The van der Waals surface area contributed by atoms with Gasteiger partial charge in [0.05, 0.1) is 0 Å². The molecule has 1 aliphatic rings. The van der Waals surface area contributed by atoms with Gasteiger partial charge < -0.3 is 10.2 Å². The van der Waals surface area contributed by atoms with Crippen LogP contribution in [-0.4, -0.2) is 35.3 Å². The average molecular weight is 266 g/mol. The van der Waals surface area contributed by atoms with Crippen LogP contribution in [0.25, 0.3) is 0 Å². The minimum Gasteiger partial charge on any atom is -0.342 e. The summed E-state index contributed by atoms with van der Waals surface area (Å²) in [7, 11) is 0. The highest BCUT2D eigenvalue weighted by Gasteiger charge is 2.40. The summed E-state index contributed by atoms with van der Waals surface area (Å²) in [6.07, 6.45) is 6.42. The lowest BCUT2D eigenvalue weighted by molar-refractivity contribution is -0.151. The molecule has 0 bridgehead atoms. The maximum absolute atomic E-state index is 12.5. The number of piperazine rings is 1. The van der Waals surface area contributed by atoms with E-state index in [4.69, 9.17) is 0 Å². The van der Waals surface area contributed by atoms with Gasteiger partial charge in [0, 0.05) is 6.54 Å². The Labute approximate surface area is 116 Å². The Bertz CT molecular complexity index is 350. The smallest absolute Gasteiger partial charge is 0.245 e. The largest absolute Gasteiger partial charge is 0.342 e. The molecule has 0 radical (unpaired) electrons. The molecule has 1 N–H and O–H groups in total. The summed E-state index contributed by atoms with van der Waals surface area (Å²) in [6, 6.07) is -0.663. The van der Waals surface area contributed by atoms with Crippen LogP contribution in [0.4, 0.5) is 0 Å². The second-order valence-corrected chi connectivity index (χ2v) is 5.43. The molecule has 4 heteroatoms. The van der Waals surface area contributed by atoms with E-state index in [-0.39, 0.29) is 29.8 Å². The van der Waals surface area contributed by atoms with Gasteiger partial charge in [-0.3, -0.25) is 9.59 Å². The fourth-order valence-corrected chi connectivity index (χ4v) is 2.57. The molecule has 108 valence electrons. The van der Waals surface area contributed by atoms with Crippen LogP contribution < -0.4 is 5.32 Å². The number of rotatable bonds is 6. The Morgan fingerprint density at radius 1 is 1.37 bits per heavy atom. The van der Waals surface area contributed by atoms with Crippen LogP contribution in [0.5, 0.6) is 0 Å². The first-order valence-electron chi connectivity index (χ1n) is 7.24. The van der Waals surface area contributed by atoms with Crippen molar-refractivity contribution >= 4 is 11.8 Å². The Morgan fingerprint density at radius 3 is 2.58 bits per heavy atom. The summed E-state index contributed by atoms with van der Waals surface area (Å²) in [6.45, 7) is 8.59. The van der Waals surface area contributed by atoms with Crippen molar-refractivity contribution in [2.24, 2.45) is 5.92 Å². The van der Waals surface area contributed by atoms with Gasteiger partial charge >= 0.3 is 0 Å². The van der Waals surface area contributed by atoms with Gasteiger partial charge in [-0.25, -0.2) is 0 Å². The molecule has 2 unspecified atom stereocenters. The summed E-state index contributed by atoms with van der Waals surface area (Å²) in [5.74, 6) is 0.204. The number of hydrogen-bond acceptors (Lipinski definition) is 2. The molecule has 1 rings (SSSR count). The van der Waals surface area contributed by atoms with Crippen molar-refractivity contribution in [2.75, 3.05) is 6.54 Å². The summed E-state index contributed by atoms with van der Waals surface area (Å²) < 4.78 is 0. The molecule has 1 heterocycles. The first-order chi connectivity index (χ1) is 9.02. The molecule has 0 saturated carbocycles. The van der Waals surface area contributed by atoms with E-state index >= 15 is 0 Å². The summed E-state index contributed by atoms with van der Waals surface area (Å²) in [5.41, 5.74) is 0. The second-order valence-electron chi connectivity index (χ2n) is 5.43. The summed E-state index contributed by atoms with van der Waals surface area (Å²) >= 11 is 0. The SMILES string of the molecule is C/C=C/CCN1C(=O)C(CCC)NC(=O)C1C(C)C. The minimum absolute atomic E-state index is 0.00599.